The molecule has 0 saturated heterocycles. The second kappa shape index (κ2) is 9.02. The maximum absolute atomic E-state index is 13.3. The minimum atomic E-state index is -0.721. The lowest BCUT2D eigenvalue weighted by atomic mass is 10.1. The first-order chi connectivity index (χ1) is 14.6. The van der Waals surface area contributed by atoms with Crippen LogP contribution in [-0.2, 0) is 4.79 Å². The molecule has 0 aliphatic carbocycles. The monoisotopic (exact) mass is 440 g/mol. The van der Waals surface area contributed by atoms with Gasteiger partial charge in [-0.1, -0.05) is 67.5 Å². The SMILES string of the molecule is CCCC(=O)N1c2ccccc2-c2nnc(SCC)nc2OC1c1cccc(Cl)c1. The molecule has 0 N–H and O–H groups in total. The summed E-state index contributed by atoms with van der Waals surface area (Å²) >= 11 is 7.74. The number of carbonyl (C=O) groups is 1. The van der Waals surface area contributed by atoms with Crippen molar-refractivity contribution in [3.05, 3.63) is 59.1 Å². The second-order valence-corrected chi connectivity index (χ2v) is 8.40. The van der Waals surface area contributed by atoms with Crippen molar-refractivity contribution in [3.63, 3.8) is 0 Å². The molecule has 1 aliphatic heterocycles. The van der Waals surface area contributed by atoms with Crippen LogP contribution in [0.25, 0.3) is 11.3 Å². The van der Waals surface area contributed by atoms with Crippen molar-refractivity contribution < 1.29 is 9.53 Å². The molecule has 1 aliphatic rings. The molecule has 154 valence electrons. The molecule has 8 heteroatoms. The highest BCUT2D eigenvalue weighted by molar-refractivity contribution is 7.99. The van der Waals surface area contributed by atoms with Crippen LogP contribution in [0.4, 0.5) is 5.69 Å². The van der Waals surface area contributed by atoms with Crippen LogP contribution in [0.15, 0.2) is 53.7 Å². The van der Waals surface area contributed by atoms with Crippen molar-refractivity contribution in [2.45, 2.75) is 38.1 Å². The maximum Gasteiger partial charge on any atom is 0.247 e. The number of amides is 1. The van der Waals surface area contributed by atoms with E-state index in [1.807, 2.05) is 56.3 Å². The zero-order chi connectivity index (χ0) is 21.1. The number of aromatic nitrogens is 3. The van der Waals surface area contributed by atoms with Crippen molar-refractivity contribution in [2.24, 2.45) is 0 Å². The number of thioether (sulfide) groups is 1. The highest BCUT2D eigenvalue weighted by Gasteiger charge is 2.35. The first kappa shape index (κ1) is 20.6. The van der Waals surface area contributed by atoms with Crippen molar-refractivity contribution in [2.75, 3.05) is 10.7 Å². The highest BCUT2D eigenvalue weighted by atomic mass is 35.5. The van der Waals surface area contributed by atoms with Gasteiger partial charge in [0.05, 0.1) is 5.69 Å². The Hall–Kier alpha value is -2.64. The van der Waals surface area contributed by atoms with E-state index in [-0.39, 0.29) is 5.91 Å². The third-order valence-electron chi connectivity index (χ3n) is 4.65. The molecule has 0 fully saturated rings. The maximum atomic E-state index is 13.3. The van der Waals surface area contributed by atoms with Crippen molar-refractivity contribution in [1.82, 2.24) is 15.2 Å². The largest absolute Gasteiger partial charge is 0.447 e. The Bertz CT molecular complexity index is 1080. The summed E-state index contributed by atoms with van der Waals surface area (Å²) in [6, 6.07) is 14.9. The summed E-state index contributed by atoms with van der Waals surface area (Å²) in [6.45, 7) is 4.00. The fourth-order valence-corrected chi connectivity index (χ4v) is 4.09. The summed E-state index contributed by atoms with van der Waals surface area (Å²) in [5.74, 6) is 1.12. The summed E-state index contributed by atoms with van der Waals surface area (Å²) in [7, 11) is 0. The third kappa shape index (κ3) is 4.00. The molecule has 4 rings (SSSR count). The van der Waals surface area contributed by atoms with Gasteiger partial charge in [-0.2, -0.15) is 4.98 Å². The number of para-hydroxylation sites is 1. The van der Waals surface area contributed by atoms with Gasteiger partial charge in [0.15, 0.2) is 5.69 Å². The molecule has 1 amide bonds. The molecule has 6 nitrogen and oxygen atoms in total. The first-order valence-electron chi connectivity index (χ1n) is 9.83. The zero-order valence-corrected chi connectivity index (χ0v) is 18.3. The summed E-state index contributed by atoms with van der Waals surface area (Å²) < 4.78 is 6.37. The van der Waals surface area contributed by atoms with Crippen LogP contribution in [-0.4, -0.2) is 26.8 Å². The number of hydrogen-bond donors (Lipinski definition) is 0. The molecule has 0 radical (unpaired) electrons. The Balaban J connectivity index is 1.94. The lowest BCUT2D eigenvalue weighted by Gasteiger charge is -2.31. The van der Waals surface area contributed by atoms with E-state index in [0.717, 1.165) is 23.3 Å². The number of fused-ring (bicyclic) bond motifs is 3. The van der Waals surface area contributed by atoms with Crippen LogP contribution >= 0.6 is 23.4 Å². The zero-order valence-electron chi connectivity index (χ0n) is 16.7. The minimum absolute atomic E-state index is 0.0427. The van der Waals surface area contributed by atoms with Gasteiger partial charge in [-0.25, -0.2) is 0 Å². The molecule has 0 spiro atoms. The average molecular weight is 441 g/mol. The number of benzene rings is 2. The van der Waals surface area contributed by atoms with E-state index in [2.05, 4.69) is 15.2 Å². The van der Waals surface area contributed by atoms with Gasteiger partial charge in [0.1, 0.15) is 0 Å². The highest BCUT2D eigenvalue weighted by Crippen LogP contribution is 2.43. The molecule has 0 saturated carbocycles. The van der Waals surface area contributed by atoms with E-state index < -0.39 is 6.23 Å². The van der Waals surface area contributed by atoms with E-state index in [0.29, 0.717) is 33.9 Å². The Kier molecular flexibility index (Phi) is 6.20. The molecule has 2 aromatic carbocycles. The Morgan fingerprint density at radius 2 is 2.00 bits per heavy atom. The fraction of sp³-hybridized carbons (Fsp3) is 0.273. The van der Waals surface area contributed by atoms with Crippen LogP contribution in [0.1, 0.15) is 38.5 Å². The molecule has 30 heavy (non-hydrogen) atoms. The smallest absolute Gasteiger partial charge is 0.247 e. The van der Waals surface area contributed by atoms with Gasteiger partial charge in [-0.05, 0) is 30.4 Å². The predicted molar refractivity (Wildman–Crippen MR) is 119 cm³/mol. The Labute approximate surface area is 184 Å². The van der Waals surface area contributed by atoms with Crippen molar-refractivity contribution in [3.8, 4) is 17.1 Å². The normalized spacial score (nSPS) is 15.0. The molecular formula is C22H21ClN4O2S. The lowest BCUT2D eigenvalue weighted by molar-refractivity contribution is -0.120. The standard InChI is InChI=1S/C22H21ClN4O2S/c1-3-8-18(28)27-17-12-6-5-11-16(17)19-20(24-22(26-25-19)30-4-2)29-21(27)14-9-7-10-15(23)13-14/h5-7,9-13,21H,3-4,8H2,1-2H3. The molecule has 1 atom stereocenters. The number of anilines is 1. The van der Waals surface area contributed by atoms with Crippen LogP contribution in [0, 0.1) is 0 Å². The second-order valence-electron chi connectivity index (χ2n) is 6.74. The van der Waals surface area contributed by atoms with E-state index >= 15 is 0 Å². The van der Waals surface area contributed by atoms with Crippen LogP contribution in [0.5, 0.6) is 5.88 Å². The third-order valence-corrected chi connectivity index (χ3v) is 5.61. The van der Waals surface area contributed by atoms with Crippen molar-refractivity contribution >= 4 is 35.0 Å². The Morgan fingerprint density at radius 3 is 2.77 bits per heavy atom. The van der Waals surface area contributed by atoms with Crippen molar-refractivity contribution in [1.29, 1.82) is 0 Å². The molecule has 2 heterocycles. The van der Waals surface area contributed by atoms with Gasteiger partial charge in [-0.3, -0.25) is 9.69 Å². The molecule has 1 aromatic heterocycles. The molecule has 3 aromatic rings. The molecular weight excluding hydrogens is 420 g/mol. The minimum Gasteiger partial charge on any atom is -0.447 e. The van der Waals surface area contributed by atoms with E-state index in [4.69, 9.17) is 16.3 Å². The fourth-order valence-electron chi connectivity index (χ4n) is 3.38. The quantitative estimate of drug-likeness (QED) is 0.486. The van der Waals surface area contributed by atoms with E-state index in [9.17, 15) is 4.79 Å². The summed E-state index contributed by atoms with van der Waals surface area (Å²) in [6.07, 6.45) is 0.393. The van der Waals surface area contributed by atoms with Gasteiger partial charge in [0.2, 0.25) is 23.2 Å². The lowest BCUT2D eigenvalue weighted by Crippen LogP contribution is -2.37. The van der Waals surface area contributed by atoms with E-state index in [1.165, 1.54) is 11.8 Å². The summed E-state index contributed by atoms with van der Waals surface area (Å²) in [5, 5.41) is 9.74. The topological polar surface area (TPSA) is 68.2 Å². The van der Waals surface area contributed by atoms with Crippen LogP contribution in [0.3, 0.4) is 0 Å². The summed E-state index contributed by atoms with van der Waals surface area (Å²) in [5.41, 5.74) is 2.75. The van der Waals surface area contributed by atoms with Crippen LogP contribution < -0.4 is 9.64 Å². The van der Waals surface area contributed by atoms with E-state index in [1.54, 1.807) is 11.0 Å². The van der Waals surface area contributed by atoms with Gasteiger partial charge in [0.25, 0.3) is 0 Å². The number of carbonyl (C=O) groups excluding carboxylic acids is 1. The number of halogens is 1. The Morgan fingerprint density at radius 1 is 1.17 bits per heavy atom. The first-order valence-corrected chi connectivity index (χ1v) is 11.2. The number of rotatable bonds is 5. The van der Waals surface area contributed by atoms with Gasteiger partial charge >= 0.3 is 0 Å². The average Bonchev–Trinajstić information content (AvgIpc) is 2.88. The van der Waals surface area contributed by atoms with Gasteiger partial charge in [0, 0.05) is 22.6 Å². The molecule has 0 bridgehead atoms. The van der Waals surface area contributed by atoms with Gasteiger partial charge < -0.3 is 4.74 Å². The number of hydrogen-bond acceptors (Lipinski definition) is 6. The summed E-state index contributed by atoms with van der Waals surface area (Å²) in [4.78, 5) is 19.5. The van der Waals surface area contributed by atoms with Gasteiger partial charge in [-0.15, -0.1) is 10.2 Å². The number of ether oxygens (including phenoxy) is 1. The molecule has 1 unspecified atom stereocenters. The van der Waals surface area contributed by atoms with Crippen LogP contribution in [0.2, 0.25) is 5.02 Å². The predicted octanol–water partition coefficient (Wildman–Crippen LogP) is 5.53. The number of nitrogens with zero attached hydrogens (tertiary/aromatic N) is 4.